The molecule has 9 heteroatoms. The van der Waals surface area contributed by atoms with Gasteiger partial charge in [-0.15, -0.1) is 0 Å². The molecule has 0 amide bonds. The minimum Gasteiger partial charge on any atom is -0.748 e. The van der Waals surface area contributed by atoms with Crippen molar-refractivity contribution >= 4 is 20.2 Å². The minimum absolute atomic E-state index is 0. The van der Waals surface area contributed by atoms with Crippen molar-refractivity contribution in [3.8, 4) is 0 Å². The van der Waals surface area contributed by atoms with Crippen molar-refractivity contribution in [3.05, 3.63) is 0 Å². The quantitative estimate of drug-likeness (QED) is 0.0371. The van der Waals surface area contributed by atoms with Crippen LogP contribution in [-0.2, 0) is 37.3 Å². The third-order valence-electron chi connectivity index (χ3n) is 8.50. The smallest absolute Gasteiger partial charge is 0.748 e. The fraction of sp³-hybridized carbons (Fsp3) is 1.00. The summed E-state index contributed by atoms with van der Waals surface area (Å²) in [5.41, 5.74) is 0. The van der Waals surface area contributed by atoms with Gasteiger partial charge in [0.25, 0.3) is 0 Å². The Bertz CT molecular complexity index is 696. The van der Waals surface area contributed by atoms with Crippen molar-refractivity contribution in [3.63, 3.8) is 0 Å². The zero-order valence-corrected chi connectivity index (χ0v) is 32.4. The monoisotopic (exact) mass is 722 g/mol. The number of unbranched alkanes of at least 4 members (excludes halogenated alkanes) is 30. The van der Waals surface area contributed by atoms with Crippen LogP contribution in [0.2, 0.25) is 0 Å². The van der Waals surface area contributed by atoms with Gasteiger partial charge in [0, 0.05) is 11.5 Å². The Hall–Kier alpha value is 0.339. The fourth-order valence-corrected chi connectivity index (χ4v) is 6.77. The van der Waals surface area contributed by atoms with Crippen LogP contribution in [0.15, 0.2) is 0 Å². The average molecular weight is 723 g/mol. The number of rotatable bonds is 34. The van der Waals surface area contributed by atoms with E-state index in [9.17, 15) is 25.9 Å². The molecule has 45 heavy (non-hydrogen) atoms. The molecule has 0 saturated carbocycles. The first-order chi connectivity index (χ1) is 21.1. The molecule has 0 radical (unpaired) electrons. The predicted molar refractivity (Wildman–Crippen MR) is 188 cm³/mol. The summed E-state index contributed by atoms with van der Waals surface area (Å²) in [6, 6.07) is 0. The number of hydrogen-bond acceptors (Lipinski definition) is 6. The van der Waals surface area contributed by atoms with Gasteiger partial charge in [0.15, 0.2) is 0 Å². The first-order valence-electron chi connectivity index (χ1n) is 19.0. The molecule has 274 valence electrons. The Morgan fingerprint density at radius 1 is 0.289 bits per heavy atom. The van der Waals surface area contributed by atoms with Crippen molar-refractivity contribution in [2.45, 2.75) is 219 Å². The van der Waals surface area contributed by atoms with E-state index >= 15 is 0 Å². The summed E-state index contributed by atoms with van der Waals surface area (Å²) in [6.45, 7) is 4.52. The van der Waals surface area contributed by atoms with E-state index in [0.29, 0.717) is 12.8 Å². The van der Waals surface area contributed by atoms with Gasteiger partial charge in [0.2, 0.25) is 0 Å². The Morgan fingerprint density at radius 2 is 0.422 bits per heavy atom. The maximum atomic E-state index is 10.4. The van der Waals surface area contributed by atoms with Crippen LogP contribution in [0.3, 0.4) is 0 Å². The van der Waals surface area contributed by atoms with Crippen LogP contribution in [0.5, 0.6) is 0 Å². The topological polar surface area (TPSA) is 114 Å². The van der Waals surface area contributed by atoms with Crippen molar-refractivity contribution < 1.29 is 43.0 Å². The van der Waals surface area contributed by atoms with Crippen LogP contribution < -0.4 is 0 Å². The molecule has 0 atom stereocenters. The second-order valence-corrected chi connectivity index (χ2v) is 16.2. The van der Waals surface area contributed by atoms with E-state index in [1.54, 1.807) is 0 Å². The van der Waals surface area contributed by atoms with Gasteiger partial charge in [0.1, 0.15) is 0 Å². The third kappa shape index (κ3) is 54.1. The Kier molecular flexibility index (Phi) is 42.9. The molecule has 0 aliphatic heterocycles. The molecule has 0 bridgehead atoms. The van der Waals surface area contributed by atoms with Gasteiger partial charge < -0.3 is 9.11 Å². The van der Waals surface area contributed by atoms with Gasteiger partial charge in [-0.2, -0.15) is 0 Å². The Morgan fingerprint density at radius 3 is 0.556 bits per heavy atom. The van der Waals surface area contributed by atoms with Crippen LogP contribution in [0, 0.1) is 0 Å². The molecular formula is C36H74FeO6S2. The Balaban J connectivity index is -0.000000767. The van der Waals surface area contributed by atoms with Gasteiger partial charge in [-0.25, -0.2) is 16.8 Å². The second-order valence-electron chi connectivity index (χ2n) is 13.1. The van der Waals surface area contributed by atoms with E-state index in [-0.39, 0.29) is 28.6 Å². The first-order valence-corrected chi connectivity index (χ1v) is 22.1. The summed E-state index contributed by atoms with van der Waals surface area (Å²) >= 11 is 0. The van der Waals surface area contributed by atoms with E-state index in [0.717, 1.165) is 25.7 Å². The van der Waals surface area contributed by atoms with E-state index < -0.39 is 20.2 Å². The van der Waals surface area contributed by atoms with Crippen LogP contribution >= 0.6 is 0 Å². The van der Waals surface area contributed by atoms with E-state index in [1.165, 1.54) is 167 Å². The van der Waals surface area contributed by atoms with Crippen LogP contribution in [-0.4, -0.2) is 37.4 Å². The molecule has 0 N–H and O–H groups in total. The largest absolute Gasteiger partial charge is 2.00 e. The molecule has 0 heterocycles. The summed E-state index contributed by atoms with van der Waals surface area (Å²) in [5, 5.41) is 0. The summed E-state index contributed by atoms with van der Waals surface area (Å²) in [5.74, 6) is -0.378. The maximum absolute atomic E-state index is 10.4. The van der Waals surface area contributed by atoms with Crippen LogP contribution in [0.4, 0.5) is 0 Å². The van der Waals surface area contributed by atoms with Crippen molar-refractivity contribution in [1.29, 1.82) is 0 Å². The SMILES string of the molecule is CCCCCCCCCCCCCCCCCCS(=O)(=O)[O-].CCCCCCCCCCCCCCCCCCS(=O)(=O)[O-].[Fe+2]. The average Bonchev–Trinajstić information content (AvgIpc) is 2.96. The van der Waals surface area contributed by atoms with E-state index in [4.69, 9.17) is 0 Å². The summed E-state index contributed by atoms with van der Waals surface area (Å²) in [6.07, 6.45) is 40.1. The molecular weight excluding hydrogens is 648 g/mol. The summed E-state index contributed by atoms with van der Waals surface area (Å²) in [7, 11) is -7.99. The Labute approximate surface area is 292 Å². The molecule has 0 aromatic heterocycles. The van der Waals surface area contributed by atoms with Gasteiger partial charge >= 0.3 is 17.1 Å². The molecule has 6 nitrogen and oxygen atoms in total. The van der Waals surface area contributed by atoms with Crippen molar-refractivity contribution in [2.24, 2.45) is 0 Å². The fourth-order valence-electron chi connectivity index (χ4n) is 5.65. The van der Waals surface area contributed by atoms with Crippen molar-refractivity contribution in [1.82, 2.24) is 0 Å². The number of hydrogen-bond donors (Lipinski definition) is 0. The van der Waals surface area contributed by atoms with E-state index in [1.807, 2.05) is 0 Å². The van der Waals surface area contributed by atoms with Gasteiger partial charge in [-0.3, -0.25) is 0 Å². The van der Waals surface area contributed by atoms with Gasteiger partial charge in [0.05, 0.1) is 20.2 Å². The second kappa shape index (κ2) is 38.8. The summed E-state index contributed by atoms with van der Waals surface area (Å²) in [4.78, 5) is 0. The van der Waals surface area contributed by atoms with Crippen LogP contribution in [0.25, 0.3) is 0 Å². The third-order valence-corrected chi connectivity index (χ3v) is 10.1. The normalized spacial score (nSPS) is 11.6. The zero-order chi connectivity index (χ0) is 33.0. The molecule has 0 aromatic rings. The predicted octanol–water partition coefficient (Wildman–Crippen LogP) is 11.6. The zero-order valence-electron chi connectivity index (χ0n) is 29.7. The molecule has 0 saturated heterocycles. The van der Waals surface area contributed by atoms with E-state index in [2.05, 4.69) is 13.8 Å². The molecule has 0 rings (SSSR count). The molecule has 0 aliphatic carbocycles. The first kappa shape index (κ1) is 49.7. The van der Waals surface area contributed by atoms with Gasteiger partial charge in [-0.1, -0.05) is 206 Å². The molecule has 0 fully saturated rings. The maximum Gasteiger partial charge on any atom is 2.00 e. The van der Waals surface area contributed by atoms with Gasteiger partial charge in [-0.05, 0) is 12.8 Å². The summed E-state index contributed by atoms with van der Waals surface area (Å²) < 4.78 is 62.5. The molecule has 0 unspecified atom stereocenters. The molecule has 0 spiro atoms. The van der Waals surface area contributed by atoms with Crippen LogP contribution in [0.1, 0.15) is 219 Å². The van der Waals surface area contributed by atoms with Crippen molar-refractivity contribution in [2.75, 3.05) is 11.5 Å². The molecule has 0 aliphatic rings. The molecule has 0 aromatic carbocycles. The minimum atomic E-state index is -3.99. The standard InChI is InChI=1S/2C18H38O3S.Fe/c2*1-2-3-4-5-6-7-8-9-10-11-12-13-14-15-16-17-18-22(19,20)21;/h2*2-18H2,1H3,(H,19,20,21);/q;;+2/p-2.